The first kappa shape index (κ1) is 15.8. The Morgan fingerprint density at radius 2 is 2.00 bits per heavy atom. The summed E-state index contributed by atoms with van der Waals surface area (Å²) < 4.78 is 5.37. The minimum atomic E-state index is -0.349. The maximum absolute atomic E-state index is 12.0. The van der Waals surface area contributed by atoms with Gasteiger partial charge in [0.05, 0.1) is 18.9 Å². The third-order valence-electron chi connectivity index (χ3n) is 4.48. The average molecular weight is 339 g/mol. The van der Waals surface area contributed by atoms with Crippen molar-refractivity contribution in [2.45, 2.75) is 13.3 Å². The van der Waals surface area contributed by atoms with Crippen molar-refractivity contribution in [3.05, 3.63) is 51.9 Å². The van der Waals surface area contributed by atoms with Gasteiger partial charge >= 0.3 is 5.69 Å². The molecule has 2 aromatic rings. The molecular weight excluding hydrogens is 318 g/mol. The molecule has 3 heterocycles. The lowest BCUT2D eigenvalue weighted by molar-refractivity contribution is 0.122. The molecule has 1 fully saturated rings. The van der Waals surface area contributed by atoms with Crippen molar-refractivity contribution in [1.29, 1.82) is 0 Å². The number of ether oxygens (including phenoxy) is 1. The third-order valence-corrected chi connectivity index (χ3v) is 4.48. The topological polar surface area (TPSA) is 73.8 Å². The van der Waals surface area contributed by atoms with Crippen LogP contribution in [0.2, 0.25) is 0 Å². The summed E-state index contributed by atoms with van der Waals surface area (Å²) in [6.07, 6.45) is 0.848. The van der Waals surface area contributed by atoms with Gasteiger partial charge in [-0.3, -0.25) is 4.98 Å². The van der Waals surface area contributed by atoms with Crippen molar-refractivity contribution in [3.63, 3.8) is 0 Å². The van der Waals surface area contributed by atoms with Gasteiger partial charge in [-0.05, 0) is 12.5 Å². The zero-order valence-corrected chi connectivity index (χ0v) is 14.2. The van der Waals surface area contributed by atoms with Gasteiger partial charge in [-0.1, -0.05) is 29.8 Å². The summed E-state index contributed by atoms with van der Waals surface area (Å²) >= 11 is 0. The molecule has 1 aromatic heterocycles. The number of morpholine rings is 1. The fraction of sp³-hybridized carbons (Fsp3) is 0.389. The van der Waals surface area contributed by atoms with Crippen LogP contribution in [-0.2, 0) is 4.74 Å². The molecule has 4 rings (SSSR count). The van der Waals surface area contributed by atoms with Crippen molar-refractivity contribution >= 4 is 17.3 Å². The van der Waals surface area contributed by atoms with E-state index in [1.165, 1.54) is 5.56 Å². The molecule has 2 aliphatic heterocycles. The highest BCUT2D eigenvalue weighted by atomic mass is 16.5. The molecule has 2 aliphatic rings. The summed E-state index contributed by atoms with van der Waals surface area (Å²) in [5, 5.41) is 6.56. The molecule has 0 radical (unpaired) electrons. The SMILES string of the molecule is Cc1cccc(C2=NN(c3cc(N4CCOCC4)nc(=O)[nH]3)CC2)c1. The Kier molecular flexibility index (Phi) is 4.23. The van der Waals surface area contributed by atoms with Crippen molar-refractivity contribution in [2.24, 2.45) is 5.10 Å². The second-order valence-electron chi connectivity index (χ2n) is 6.32. The molecule has 7 heteroatoms. The maximum Gasteiger partial charge on any atom is 0.348 e. The summed E-state index contributed by atoms with van der Waals surface area (Å²) in [4.78, 5) is 21.0. The third kappa shape index (κ3) is 3.41. The number of anilines is 2. The van der Waals surface area contributed by atoms with Gasteiger partial charge in [0.15, 0.2) is 0 Å². The van der Waals surface area contributed by atoms with Crippen LogP contribution in [0.3, 0.4) is 0 Å². The van der Waals surface area contributed by atoms with E-state index in [1.54, 1.807) is 0 Å². The molecule has 0 atom stereocenters. The van der Waals surface area contributed by atoms with E-state index >= 15 is 0 Å². The van der Waals surface area contributed by atoms with E-state index < -0.39 is 0 Å². The summed E-state index contributed by atoms with van der Waals surface area (Å²) in [5.74, 6) is 1.37. The average Bonchev–Trinajstić information content (AvgIpc) is 3.12. The van der Waals surface area contributed by atoms with Crippen LogP contribution in [0, 0.1) is 6.92 Å². The van der Waals surface area contributed by atoms with E-state index in [0.717, 1.165) is 37.3 Å². The van der Waals surface area contributed by atoms with E-state index in [9.17, 15) is 4.79 Å². The van der Waals surface area contributed by atoms with Crippen molar-refractivity contribution in [3.8, 4) is 0 Å². The molecule has 1 aromatic carbocycles. The summed E-state index contributed by atoms with van der Waals surface area (Å²) in [5.41, 5.74) is 3.03. The lowest BCUT2D eigenvalue weighted by Gasteiger charge is -2.28. The molecule has 0 bridgehead atoms. The van der Waals surface area contributed by atoms with Crippen molar-refractivity contribution < 1.29 is 4.74 Å². The Hall–Kier alpha value is -2.67. The van der Waals surface area contributed by atoms with Gasteiger partial charge in [-0.2, -0.15) is 10.1 Å². The largest absolute Gasteiger partial charge is 0.378 e. The molecule has 1 saturated heterocycles. The van der Waals surface area contributed by atoms with Crippen LogP contribution in [0.4, 0.5) is 11.6 Å². The maximum atomic E-state index is 12.0. The number of aryl methyl sites for hydroxylation is 1. The van der Waals surface area contributed by atoms with Gasteiger partial charge < -0.3 is 9.64 Å². The number of hydrazone groups is 1. The second-order valence-corrected chi connectivity index (χ2v) is 6.32. The van der Waals surface area contributed by atoms with Crippen LogP contribution in [0.25, 0.3) is 0 Å². The minimum Gasteiger partial charge on any atom is -0.378 e. The quantitative estimate of drug-likeness (QED) is 0.918. The molecule has 0 amide bonds. The molecule has 1 N–H and O–H groups in total. The first-order chi connectivity index (χ1) is 12.2. The van der Waals surface area contributed by atoms with Crippen molar-refractivity contribution in [1.82, 2.24) is 9.97 Å². The van der Waals surface area contributed by atoms with E-state index in [-0.39, 0.29) is 5.69 Å². The summed E-state index contributed by atoms with van der Waals surface area (Å²) in [6, 6.07) is 10.2. The molecule has 0 aliphatic carbocycles. The van der Waals surface area contributed by atoms with E-state index in [0.29, 0.717) is 24.8 Å². The zero-order chi connectivity index (χ0) is 17.2. The Labute approximate surface area is 145 Å². The molecule has 7 nitrogen and oxygen atoms in total. The van der Waals surface area contributed by atoms with Gasteiger partial charge in [-0.15, -0.1) is 0 Å². The number of aromatic amines is 1. The number of benzene rings is 1. The zero-order valence-electron chi connectivity index (χ0n) is 14.2. The minimum absolute atomic E-state index is 0.349. The Morgan fingerprint density at radius 1 is 1.16 bits per heavy atom. The molecule has 130 valence electrons. The lowest BCUT2D eigenvalue weighted by atomic mass is 10.1. The van der Waals surface area contributed by atoms with E-state index in [1.807, 2.05) is 17.1 Å². The van der Waals surface area contributed by atoms with Crippen LogP contribution in [0.5, 0.6) is 0 Å². The lowest BCUT2D eigenvalue weighted by Crippen LogP contribution is -2.38. The molecule has 0 saturated carbocycles. The molecule has 0 spiro atoms. The van der Waals surface area contributed by atoms with Gasteiger partial charge in [0.1, 0.15) is 11.6 Å². The highest BCUT2D eigenvalue weighted by molar-refractivity contribution is 6.02. The number of aromatic nitrogens is 2. The Balaban J connectivity index is 1.61. The van der Waals surface area contributed by atoms with Gasteiger partial charge in [0.25, 0.3) is 0 Å². The monoisotopic (exact) mass is 339 g/mol. The first-order valence-electron chi connectivity index (χ1n) is 8.55. The Bertz CT molecular complexity index is 855. The Morgan fingerprint density at radius 3 is 2.80 bits per heavy atom. The number of nitrogens with one attached hydrogen (secondary N) is 1. The molecule has 0 unspecified atom stereocenters. The number of hydrogen-bond acceptors (Lipinski definition) is 6. The number of nitrogens with zero attached hydrogens (tertiary/aromatic N) is 4. The van der Waals surface area contributed by atoms with Gasteiger partial charge in [0.2, 0.25) is 0 Å². The smallest absolute Gasteiger partial charge is 0.348 e. The van der Waals surface area contributed by atoms with Crippen LogP contribution < -0.4 is 15.6 Å². The van der Waals surface area contributed by atoms with Crippen LogP contribution in [-0.4, -0.2) is 48.5 Å². The van der Waals surface area contributed by atoms with Gasteiger partial charge in [0, 0.05) is 32.1 Å². The first-order valence-corrected chi connectivity index (χ1v) is 8.55. The van der Waals surface area contributed by atoms with Crippen LogP contribution in [0.15, 0.2) is 40.2 Å². The number of hydrogen-bond donors (Lipinski definition) is 1. The van der Waals surface area contributed by atoms with E-state index in [4.69, 9.17) is 9.84 Å². The fourth-order valence-electron chi connectivity index (χ4n) is 3.18. The number of rotatable bonds is 3. The number of H-pyrrole nitrogens is 1. The van der Waals surface area contributed by atoms with Crippen LogP contribution in [0.1, 0.15) is 17.5 Å². The standard InChI is InChI=1S/C18H21N5O2/c1-13-3-2-4-14(11-13)15-5-6-23(21-15)17-12-16(19-18(24)20-17)22-7-9-25-10-8-22/h2-4,11-12H,5-10H2,1H3,(H,19,20,24). The second kappa shape index (κ2) is 6.68. The highest BCUT2D eigenvalue weighted by Crippen LogP contribution is 2.22. The van der Waals surface area contributed by atoms with Gasteiger partial charge in [-0.25, -0.2) is 9.80 Å². The molecule has 25 heavy (non-hydrogen) atoms. The highest BCUT2D eigenvalue weighted by Gasteiger charge is 2.20. The fourth-order valence-corrected chi connectivity index (χ4v) is 3.18. The van der Waals surface area contributed by atoms with Crippen LogP contribution >= 0.6 is 0 Å². The summed E-state index contributed by atoms with van der Waals surface area (Å²) in [6.45, 7) is 5.62. The van der Waals surface area contributed by atoms with E-state index in [2.05, 4.69) is 40.0 Å². The van der Waals surface area contributed by atoms with Crippen molar-refractivity contribution in [2.75, 3.05) is 42.8 Å². The summed E-state index contributed by atoms with van der Waals surface area (Å²) in [7, 11) is 0. The predicted octanol–water partition coefficient (Wildman–Crippen LogP) is 1.53. The normalized spacial score (nSPS) is 17.7. The molecular formula is C18H21N5O2. The predicted molar refractivity (Wildman–Crippen MR) is 97.6 cm³/mol.